The van der Waals surface area contributed by atoms with Gasteiger partial charge < -0.3 is 5.32 Å². The van der Waals surface area contributed by atoms with Crippen molar-refractivity contribution in [1.82, 2.24) is 15.3 Å². The molecule has 0 fully saturated rings. The molecule has 0 saturated heterocycles. The zero-order chi connectivity index (χ0) is 15.4. The largest absolute Gasteiger partial charge is 0.345 e. The van der Waals surface area contributed by atoms with Gasteiger partial charge >= 0.3 is 0 Å². The summed E-state index contributed by atoms with van der Waals surface area (Å²) in [6.45, 7) is 1.77. The minimum absolute atomic E-state index is 0.0160. The van der Waals surface area contributed by atoms with Crippen LogP contribution in [0.2, 0.25) is 5.15 Å². The molecule has 1 atom stereocenters. The van der Waals surface area contributed by atoms with Crippen molar-refractivity contribution >= 4 is 23.2 Å². The van der Waals surface area contributed by atoms with Gasteiger partial charge in [-0.15, -0.1) is 0 Å². The predicted octanol–water partition coefficient (Wildman–Crippen LogP) is 2.53. The van der Waals surface area contributed by atoms with E-state index < -0.39 is 10.8 Å². The number of pyridine rings is 2. The van der Waals surface area contributed by atoms with E-state index in [4.69, 9.17) is 11.6 Å². The Hall–Kier alpha value is -2.54. The van der Waals surface area contributed by atoms with E-state index in [1.807, 2.05) is 0 Å². The zero-order valence-electron chi connectivity index (χ0n) is 11.0. The normalized spacial score (nSPS) is 11.7. The van der Waals surface area contributed by atoms with Gasteiger partial charge in [0.1, 0.15) is 16.9 Å². The van der Waals surface area contributed by atoms with Gasteiger partial charge in [0.2, 0.25) is 0 Å². The molecule has 0 bridgehead atoms. The molecule has 108 valence electrons. The number of carbonyl (C=O) groups excluding carboxylic acids is 1. The molecule has 1 unspecified atom stereocenters. The van der Waals surface area contributed by atoms with Gasteiger partial charge in [0, 0.05) is 12.4 Å². The van der Waals surface area contributed by atoms with Crippen LogP contribution in [0, 0.1) is 10.1 Å². The molecule has 7 nitrogen and oxygen atoms in total. The van der Waals surface area contributed by atoms with E-state index in [9.17, 15) is 14.9 Å². The Morgan fingerprint density at radius 2 is 2.10 bits per heavy atom. The number of halogens is 1. The van der Waals surface area contributed by atoms with Crippen molar-refractivity contribution in [2.45, 2.75) is 13.0 Å². The molecule has 0 aliphatic carbocycles. The number of nitro groups is 1. The smallest absolute Gasteiger partial charge is 0.300 e. The van der Waals surface area contributed by atoms with E-state index in [1.54, 1.807) is 31.5 Å². The molecule has 0 saturated carbocycles. The molecule has 8 heteroatoms. The minimum Gasteiger partial charge on any atom is -0.345 e. The Labute approximate surface area is 125 Å². The maximum atomic E-state index is 12.2. The molecule has 21 heavy (non-hydrogen) atoms. The molecule has 0 spiro atoms. The highest BCUT2D eigenvalue weighted by molar-refractivity contribution is 6.29. The zero-order valence-corrected chi connectivity index (χ0v) is 11.7. The fourth-order valence-corrected chi connectivity index (χ4v) is 1.92. The van der Waals surface area contributed by atoms with Crippen molar-refractivity contribution in [1.29, 1.82) is 0 Å². The van der Waals surface area contributed by atoms with Crippen molar-refractivity contribution in [3.63, 3.8) is 0 Å². The first-order chi connectivity index (χ1) is 9.99. The fraction of sp³-hybridized carbons (Fsp3) is 0.154. The van der Waals surface area contributed by atoms with Gasteiger partial charge in [-0.1, -0.05) is 11.6 Å². The highest BCUT2D eigenvalue weighted by atomic mass is 35.5. The molecule has 0 radical (unpaired) electrons. The van der Waals surface area contributed by atoms with Gasteiger partial charge in [-0.2, -0.15) is 0 Å². The van der Waals surface area contributed by atoms with E-state index >= 15 is 0 Å². The van der Waals surface area contributed by atoms with Gasteiger partial charge in [0.15, 0.2) is 0 Å². The monoisotopic (exact) mass is 306 g/mol. The lowest BCUT2D eigenvalue weighted by Gasteiger charge is -2.14. The molecule has 2 rings (SSSR count). The topological polar surface area (TPSA) is 98.0 Å². The lowest BCUT2D eigenvalue weighted by atomic mass is 10.1. The second kappa shape index (κ2) is 6.27. The quantitative estimate of drug-likeness (QED) is 0.531. The molecule has 2 aromatic rings. The first kappa shape index (κ1) is 14.9. The van der Waals surface area contributed by atoms with E-state index in [0.717, 1.165) is 11.8 Å². The second-order valence-corrected chi connectivity index (χ2v) is 4.64. The molecular formula is C13H11ClN4O3. The van der Waals surface area contributed by atoms with Gasteiger partial charge in [-0.3, -0.25) is 19.9 Å². The molecular weight excluding hydrogens is 296 g/mol. The Kier molecular flexibility index (Phi) is 4.44. The Morgan fingerprint density at radius 3 is 2.71 bits per heavy atom. The van der Waals surface area contributed by atoms with Gasteiger partial charge in [-0.25, -0.2) is 4.98 Å². The number of nitrogens with one attached hydrogen (secondary N) is 1. The van der Waals surface area contributed by atoms with Crippen LogP contribution in [-0.4, -0.2) is 20.8 Å². The lowest BCUT2D eigenvalue weighted by molar-refractivity contribution is -0.385. The van der Waals surface area contributed by atoms with Crippen molar-refractivity contribution in [2.75, 3.05) is 0 Å². The SMILES string of the molecule is CC(NC(=O)c1cc(Cl)ncc1[N+](=O)[O-])c1ccncc1. The van der Waals surface area contributed by atoms with Crippen molar-refractivity contribution < 1.29 is 9.72 Å². The molecule has 1 amide bonds. The number of hydrogen-bond donors (Lipinski definition) is 1. The maximum Gasteiger partial charge on any atom is 0.300 e. The van der Waals surface area contributed by atoms with Crippen LogP contribution in [0.5, 0.6) is 0 Å². The number of amides is 1. The van der Waals surface area contributed by atoms with Gasteiger partial charge in [0.25, 0.3) is 11.6 Å². The molecule has 1 N–H and O–H groups in total. The number of aromatic nitrogens is 2. The summed E-state index contributed by atoms with van der Waals surface area (Å²) in [5.74, 6) is -0.588. The van der Waals surface area contributed by atoms with Crippen molar-refractivity contribution in [2.24, 2.45) is 0 Å². The number of hydrogen-bond acceptors (Lipinski definition) is 5. The molecule has 2 aromatic heterocycles. The predicted molar refractivity (Wildman–Crippen MR) is 76.0 cm³/mol. The third kappa shape index (κ3) is 3.51. The summed E-state index contributed by atoms with van der Waals surface area (Å²) in [4.78, 5) is 29.9. The highest BCUT2D eigenvalue weighted by Gasteiger charge is 2.22. The van der Waals surface area contributed by atoms with Crippen LogP contribution in [-0.2, 0) is 0 Å². The summed E-state index contributed by atoms with van der Waals surface area (Å²) in [5.41, 5.74) is 0.320. The Balaban J connectivity index is 2.25. The fourth-order valence-electron chi connectivity index (χ4n) is 1.76. The summed E-state index contributed by atoms with van der Waals surface area (Å²) >= 11 is 5.70. The highest BCUT2D eigenvalue weighted by Crippen LogP contribution is 2.21. The third-order valence-corrected chi connectivity index (χ3v) is 3.05. The lowest BCUT2D eigenvalue weighted by Crippen LogP contribution is -2.27. The van der Waals surface area contributed by atoms with Crippen LogP contribution < -0.4 is 5.32 Å². The summed E-state index contributed by atoms with van der Waals surface area (Å²) in [5, 5.41) is 13.6. The average Bonchev–Trinajstić information content (AvgIpc) is 2.47. The Bertz CT molecular complexity index is 678. The maximum absolute atomic E-state index is 12.2. The van der Waals surface area contributed by atoms with Crippen LogP contribution in [0.15, 0.2) is 36.8 Å². The minimum atomic E-state index is -0.671. The second-order valence-electron chi connectivity index (χ2n) is 4.26. The average molecular weight is 307 g/mol. The van der Waals surface area contributed by atoms with Crippen LogP contribution in [0.1, 0.15) is 28.9 Å². The summed E-state index contributed by atoms with van der Waals surface area (Å²) in [6.07, 6.45) is 4.17. The van der Waals surface area contributed by atoms with E-state index in [-0.39, 0.29) is 22.4 Å². The van der Waals surface area contributed by atoms with Crippen LogP contribution >= 0.6 is 11.6 Å². The first-order valence-electron chi connectivity index (χ1n) is 5.99. The van der Waals surface area contributed by atoms with Crippen LogP contribution in [0.4, 0.5) is 5.69 Å². The van der Waals surface area contributed by atoms with Crippen LogP contribution in [0.25, 0.3) is 0 Å². The molecule has 0 aliphatic heterocycles. The van der Waals surface area contributed by atoms with E-state index in [0.29, 0.717) is 0 Å². The Morgan fingerprint density at radius 1 is 1.43 bits per heavy atom. The third-order valence-electron chi connectivity index (χ3n) is 2.84. The van der Waals surface area contributed by atoms with E-state index in [1.165, 1.54) is 6.07 Å². The molecule has 0 aromatic carbocycles. The molecule has 2 heterocycles. The van der Waals surface area contributed by atoms with Crippen molar-refractivity contribution in [3.8, 4) is 0 Å². The molecule has 0 aliphatic rings. The first-order valence-corrected chi connectivity index (χ1v) is 6.37. The van der Waals surface area contributed by atoms with Gasteiger partial charge in [0.05, 0.1) is 11.0 Å². The summed E-state index contributed by atoms with van der Waals surface area (Å²) < 4.78 is 0. The van der Waals surface area contributed by atoms with Crippen LogP contribution in [0.3, 0.4) is 0 Å². The van der Waals surface area contributed by atoms with Gasteiger partial charge in [-0.05, 0) is 30.7 Å². The van der Waals surface area contributed by atoms with Crippen molar-refractivity contribution in [3.05, 3.63) is 63.2 Å². The number of carbonyl (C=O) groups is 1. The number of rotatable bonds is 4. The van der Waals surface area contributed by atoms with E-state index in [2.05, 4.69) is 15.3 Å². The number of nitrogens with zero attached hydrogens (tertiary/aromatic N) is 3. The summed E-state index contributed by atoms with van der Waals surface area (Å²) in [6, 6.07) is 4.35. The standard InChI is InChI=1S/C13H11ClN4O3/c1-8(9-2-4-15-5-3-9)17-13(19)10-6-12(14)16-7-11(10)18(20)21/h2-8H,1H3,(H,17,19). The summed E-state index contributed by atoms with van der Waals surface area (Å²) in [7, 11) is 0.